The van der Waals surface area contributed by atoms with Gasteiger partial charge in [-0.1, -0.05) is 11.6 Å². The highest BCUT2D eigenvalue weighted by atomic mass is 35.5. The lowest BCUT2D eigenvalue weighted by atomic mass is 9.84. The van der Waals surface area contributed by atoms with E-state index in [4.69, 9.17) is 23.1 Å². The number of hydrogen-bond donors (Lipinski definition) is 4. The van der Waals surface area contributed by atoms with Gasteiger partial charge >= 0.3 is 6.03 Å². The van der Waals surface area contributed by atoms with Crippen LogP contribution in [-0.2, 0) is 5.54 Å². The number of anilines is 1. The van der Waals surface area contributed by atoms with E-state index in [1.807, 2.05) is 5.32 Å². The number of nitrogens with one attached hydrogen (secondary N) is 2. The topological polar surface area (TPSA) is 110 Å². The second kappa shape index (κ2) is 7.61. The van der Waals surface area contributed by atoms with E-state index in [9.17, 15) is 22.8 Å². The van der Waals surface area contributed by atoms with Gasteiger partial charge in [-0.3, -0.25) is 4.79 Å². The summed E-state index contributed by atoms with van der Waals surface area (Å²) in [6.07, 6.45) is -3.02. The predicted molar refractivity (Wildman–Crippen MR) is 100 cm³/mol. The molecular weight excluding hydrogens is 417 g/mol. The van der Waals surface area contributed by atoms with Crippen LogP contribution in [0, 0.1) is 11.7 Å². The quantitative estimate of drug-likeness (QED) is 0.562. The molecule has 2 aromatic rings. The molecule has 1 aromatic carbocycles. The van der Waals surface area contributed by atoms with Crippen LogP contribution in [-0.4, -0.2) is 24.4 Å². The molecule has 1 fully saturated rings. The second-order valence-electron chi connectivity index (χ2n) is 6.45. The van der Waals surface area contributed by atoms with E-state index < -0.39 is 47.2 Å². The van der Waals surface area contributed by atoms with Gasteiger partial charge in [0, 0.05) is 28.6 Å². The SMILES string of the molecule is NC(=O)N[C@@](c1cc(NC(=O)c2csc(Cl)c2)ccc1F)(C(F)F)[C@H]1C[C@H]1N. The maximum atomic E-state index is 14.6. The number of thiophene rings is 1. The summed E-state index contributed by atoms with van der Waals surface area (Å²) in [5.74, 6) is -2.44. The van der Waals surface area contributed by atoms with Crippen molar-refractivity contribution in [3.05, 3.63) is 50.9 Å². The Labute approximate surface area is 167 Å². The van der Waals surface area contributed by atoms with Gasteiger partial charge in [-0.05, 0) is 30.7 Å². The number of urea groups is 1. The Morgan fingerprint density at radius 1 is 1.32 bits per heavy atom. The summed E-state index contributed by atoms with van der Waals surface area (Å²) in [5.41, 5.74) is 8.23. The number of rotatable bonds is 6. The van der Waals surface area contributed by atoms with Crippen LogP contribution in [0.1, 0.15) is 22.3 Å². The van der Waals surface area contributed by atoms with Gasteiger partial charge in [0.15, 0.2) is 0 Å². The average molecular weight is 433 g/mol. The van der Waals surface area contributed by atoms with E-state index in [0.29, 0.717) is 4.34 Å². The first-order chi connectivity index (χ1) is 13.1. The Bertz CT molecular complexity index is 926. The highest BCUT2D eigenvalue weighted by molar-refractivity contribution is 7.14. The number of benzene rings is 1. The van der Waals surface area contributed by atoms with Crippen molar-refractivity contribution in [2.24, 2.45) is 17.4 Å². The normalized spacial score (nSPS) is 20.5. The summed E-state index contributed by atoms with van der Waals surface area (Å²) in [6.45, 7) is 0. The fourth-order valence-corrected chi connectivity index (χ4v) is 4.05. The summed E-state index contributed by atoms with van der Waals surface area (Å²) >= 11 is 6.94. The first kappa shape index (κ1) is 20.4. The molecule has 3 amide bonds. The third kappa shape index (κ3) is 3.80. The van der Waals surface area contributed by atoms with Crippen molar-refractivity contribution in [2.45, 2.75) is 24.4 Å². The molecule has 1 saturated carbocycles. The lowest BCUT2D eigenvalue weighted by Gasteiger charge is -2.35. The molecule has 1 heterocycles. The summed E-state index contributed by atoms with van der Waals surface area (Å²) in [6, 6.07) is 2.76. The van der Waals surface area contributed by atoms with Crippen LogP contribution >= 0.6 is 22.9 Å². The van der Waals surface area contributed by atoms with Gasteiger partial charge in [-0.25, -0.2) is 18.0 Å². The lowest BCUT2D eigenvalue weighted by Crippen LogP contribution is -2.56. The van der Waals surface area contributed by atoms with Gasteiger partial charge in [-0.2, -0.15) is 0 Å². The summed E-state index contributed by atoms with van der Waals surface area (Å²) < 4.78 is 43.2. The molecule has 0 radical (unpaired) electrons. The maximum absolute atomic E-state index is 14.6. The largest absolute Gasteiger partial charge is 0.352 e. The zero-order chi connectivity index (χ0) is 20.6. The van der Waals surface area contributed by atoms with E-state index in [1.54, 1.807) is 0 Å². The van der Waals surface area contributed by atoms with Gasteiger partial charge in [0.2, 0.25) is 0 Å². The van der Waals surface area contributed by atoms with E-state index in [0.717, 1.165) is 23.5 Å². The van der Waals surface area contributed by atoms with E-state index in [2.05, 4.69) is 5.32 Å². The lowest BCUT2D eigenvalue weighted by molar-refractivity contribution is 0.0171. The Morgan fingerprint density at radius 3 is 2.50 bits per heavy atom. The highest BCUT2D eigenvalue weighted by Gasteiger charge is 2.59. The fourth-order valence-electron chi connectivity index (χ4n) is 3.19. The number of alkyl halides is 2. The third-order valence-electron chi connectivity index (χ3n) is 4.60. The molecule has 6 nitrogen and oxygen atoms in total. The third-order valence-corrected chi connectivity index (χ3v) is 5.69. The minimum absolute atomic E-state index is 0.0641. The molecule has 28 heavy (non-hydrogen) atoms. The minimum atomic E-state index is -3.19. The Kier molecular flexibility index (Phi) is 5.55. The van der Waals surface area contributed by atoms with Crippen LogP contribution < -0.4 is 22.1 Å². The smallest absolute Gasteiger partial charge is 0.313 e. The van der Waals surface area contributed by atoms with E-state index >= 15 is 0 Å². The number of nitrogens with two attached hydrogens (primary N) is 2. The molecule has 0 bridgehead atoms. The molecule has 11 heteroatoms. The van der Waals surface area contributed by atoms with Crippen molar-refractivity contribution in [2.75, 3.05) is 5.32 Å². The monoisotopic (exact) mass is 432 g/mol. The number of carbonyl (C=O) groups is 2. The average Bonchev–Trinajstić information content (AvgIpc) is 3.18. The Balaban J connectivity index is 2.00. The molecule has 0 aliphatic heterocycles. The summed E-state index contributed by atoms with van der Waals surface area (Å²) in [4.78, 5) is 23.7. The predicted octanol–water partition coefficient (Wildman–Crippen LogP) is 3.27. The first-order valence-electron chi connectivity index (χ1n) is 8.12. The van der Waals surface area contributed by atoms with E-state index in [1.165, 1.54) is 17.5 Å². The zero-order valence-electron chi connectivity index (χ0n) is 14.2. The maximum Gasteiger partial charge on any atom is 0.313 e. The molecule has 0 unspecified atom stereocenters. The molecule has 3 atom stereocenters. The van der Waals surface area contributed by atoms with Crippen LogP contribution in [0.5, 0.6) is 0 Å². The van der Waals surface area contributed by atoms with Gasteiger partial charge < -0.3 is 22.1 Å². The standard InChI is InChI=1S/C17H16ClF3N4O2S/c18-13-3-7(6-28-13)14(26)24-8-1-2-11(19)9(4-8)17(15(20)21,25-16(23)27)10-5-12(10)22/h1-4,6,10,12,15H,5,22H2,(H,24,26)(H3,23,25,27)/t10-,12+,17+/m0/s1. The van der Waals surface area contributed by atoms with Crippen LogP contribution in [0.4, 0.5) is 23.7 Å². The van der Waals surface area contributed by atoms with Crippen molar-refractivity contribution in [3.63, 3.8) is 0 Å². The highest BCUT2D eigenvalue weighted by Crippen LogP contribution is 2.49. The van der Waals surface area contributed by atoms with Gasteiger partial charge in [0.25, 0.3) is 12.3 Å². The van der Waals surface area contributed by atoms with Crippen molar-refractivity contribution in [3.8, 4) is 0 Å². The number of amides is 3. The number of halogens is 4. The Hall–Kier alpha value is -2.30. The molecule has 0 saturated heterocycles. The molecule has 150 valence electrons. The van der Waals surface area contributed by atoms with Crippen LogP contribution in [0.3, 0.4) is 0 Å². The molecule has 1 aliphatic rings. The molecule has 6 N–H and O–H groups in total. The van der Waals surface area contributed by atoms with Crippen molar-refractivity contribution >= 4 is 40.6 Å². The van der Waals surface area contributed by atoms with Crippen molar-refractivity contribution in [1.82, 2.24) is 5.32 Å². The number of carbonyl (C=O) groups excluding carboxylic acids is 2. The van der Waals surface area contributed by atoms with Gasteiger partial charge in [0.05, 0.1) is 9.90 Å². The summed E-state index contributed by atoms with van der Waals surface area (Å²) in [5, 5.41) is 6.01. The molecule has 0 spiro atoms. The minimum Gasteiger partial charge on any atom is -0.352 e. The zero-order valence-corrected chi connectivity index (χ0v) is 15.8. The van der Waals surface area contributed by atoms with Crippen molar-refractivity contribution in [1.29, 1.82) is 0 Å². The first-order valence-corrected chi connectivity index (χ1v) is 9.37. The van der Waals surface area contributed by atoms with Gasteiger partial charge in [-0.15, -0.1) is 11.3 Å². The van der Waals surface area contributed by atoms with Crippen LogP contribution in [0.15, 0.2) is 29.6 Å². The van der Waals surface area contributed by atoms with Crippen molar-refractivity contribution < 1.29 is 22.8 Å². The summed E-state index contributed by atoms with van der Waals surface area (Å²) in [7, 11) is 0. The molecular formula is C17H16ClF3N4O2S. The van der Waals surface area contributed by atoms with E-state index in [-0.39, 0.29) is 17.7 Å². The Morgan fingerprint density at radius 2 is 2.00 bits per heavy atom. The van der Waals surface area contributed by atoms with Crippen LogP contribution in [0.25, 0.3) is 0 Å². The fraction of sp³-hybridized carbons (Fsp3) is 0.294. The number of hydrogen-bond acceptors (Lipinski definition) is 4. The molecule has 1 aliphatic carbocycles. The van der Waals surface area contributed by atoms with Crippen LogP contribution in [0.2, 0.25) is 4.34 Å². The van der Waals surface area contributed by atoms with Gasteiger partial charge in [0.1, 0.15) is 11.4 Å². The molecule has 3 rings (SSSR count). The molecule has 1 aromatic heterocycles. The second-order valence-corrected chi connectivity index (χ2v) is 8.00. The number of primary amides is 1.